The first-order valence-electron chi connectivity index (χ1n) is 7.42. The van der Waals surface area contributed by atoms with Crippen LogP contribution < -0.4 is 0 Å². The van der Waals surface area contributed by atoms with Crippen LogP contribution in [0.4, 0.5) is 8.78 Å². The van der Waals surface area contributed by atoms with Crippen LogP contribution in [0.25, 0.3) is 5.52 Å². The first-order chi connectivity index (χ1) is 10.9. The number of alkyl halides is 2. The first-order valence-corrected chi connectivity index (χ1v) is 7.42. The highest BCUT2D eigenvalue weighted by Gasteiger charge is 2.52. The number of hydrogen-bond acceptors (Lipinski definition) is 2. The van der Waals surface area contributed by atoms with E-state index in [-0.39, 0.29) is 5.56 Å². The van der Waals surface area contributed by atoms with Gasteiger partial charge in [0.1, 0.15) is 5.54 Å². The van der Waals surface area contributed by atoms with Crippen LogP contribution in [0.2, 0.25) is 0 Å². The molecule has 0 aliphatic carbocycles. The van der Waals surface area contributed by atoms with Gasteiger partial charge in [0, 0.05) is 22.9 Å². The lowest BCUT2D eigenvalue weighted by atomic mass is 9.82. The number of benzene rings is 1. The van der Waals surface area contributed by atoms with Gasteiger partial charge in [-0.3, -0.25) is 4.99 Å². The van der Waals surface area contributed by atoms with Gasteiger partial charge in [-0.25, -0.2) is 4.52 Å². The van der Waals surface area contributed by atoms with E-state index in [0.717, 1.165) is 11.1 Å². The minimum absolute atomic E-state index is 0.0188. The molecule has 1 aromatic carbocycles. The second kappa shape index (κ2) is 4.47. The van der Waals surface area contributed by atoms with Gasteiger partial charge in [-0.15, -0.1) is 0 Å². The van der Waals surface area contributed by atoms with E-state index < -0.39 is 11.5 Å². The molecule has 1 aliphatic rings. The van der Waals surface area contributed by atoms with Crippen LogP contribution in [0.1, 0.15) is 30.5 Å². The van der Waals surface area contributed by atoms with Crippen molar-refractivity contribution in [1.29, 1.82) is 0 Å². The van der Waals surface area contributed by atoms with E-state index in [9.17, 15) is 8.78 Å². The first kappa shape index (κ1) is 14.1. The molecule has 23 heavy (non-hydrogen) atoms. The quantitative estimate of drug-likeness (QED) is 0.666. The van der Waals surface area contributed by atoms with Crippen LogP contribution in [-0.2, 0) is 5.92 Å². The average Bonchev–Trinajstić information content (AvgIpc) is 2.95. The maximum Gasteiger partial charge on any atom is 0.297 e. The Labute approximate surface area is 132 Å². The Morgan fingerprint density at radius 2 is 1.70 bits per heavy atom. The summed E-state index contributed by atoms with van der Waals surface area (Å²) in [5.41, 5.74) is 1.15. The lowest BCUT2D eigenvalue weighted by Crippen LogP contribution is -2.44. The second-order valence-corrected chi connectivity index (χ2v) is 6.23. The number of hydrogen-bond donors (Lipinski definition) is 0. The second-order valence-electron chi connectivity index (χ2n) is 6.23. The summed E-state index contributed by atoms with van der Waals surface area (Å²) in [7, 11) is 0. The number of halogens is 2. The van der Waals surface area contributed by atoms with E-state index >= 15 is 0 Å². The van der Waals surface area contributed by atoms with Crippen molar-refractivity contribution in [2.45, 2.75) is 25.3 Å². The molecule has 5 heteroatoms. The summed E-state index contributed by atoms with van der Waals surface area (Å²) in [6.07, 6.45) is 3.51. The minimum Gasteiger partial charge on any atom is -0.271 e. The number of rotatable bonds is 1. The summed E-state index contributed by atoms with van der Waals surface area (Å²) >= 11 is 0. The zero-order valence-corrected chi connectivity index (χ0v) is 12.8. The molecule has 0 fully saturated rings. The molecule has 3 aromatic rings. The largest absolute Gasteiger partial charge is 0.297 e. The van der Waals surface area contributed by atoms with Crippen molar-refractivity contribution in [2.24, 2.45) is 4.99 Å². The molecule has 3 heterocycles. The summed E-state index contributed by atoms with van der Waals surface area (Å²) in [5, 5.41) is 4.30. The molecule has 0 bridgehead atoms. The molecule has 0 saturated carbocycles. The van der Waals surface area contributed by atoms with Gasteiger partial charge in [0.15, 0.2) is 0 Å². The van der Waals surface area contributed by atoms with Gasteiger partial charge >= 0.3 is 0 Å². The van der Waals surface area contributed by atoms with Crippen molar-refractivity contribution >= 4 is 11.2 Å². The fraction of sp³-hybridized carbons (Fsp3) is 0.222. The van der Waals surface area contributed by atoms with Crippen LogP contribution in [-0.4, -0.2) is 20.9 Å². The van der Waals surface area contributed by atoms with E-state index in [2.05, 4.69) is 10.1 Å². The third-order valence-electron chi connectivity index (χ3n) is 4.36. The van der Waals surface area contributed by atoms with E-state index in [4.69, 9.17) is 0 Å². The Bertz CT molecular complexity index is 938. The zero-order chi connectivity index (χ0) is 16.2. The maximum atomic E-state index is 14.8. The zero-order valence-electron chi connectivity index (χ0n) is 12.8. The fourth-order valence-corrected chi connectivity index (χ4v) is 3.03. The van der Waals surface area contributed by atoms with E-state index in [1.165, 1.54) is 19.9 Å². The SMILES string of the molecule is CC1(C)N=C(c2cnn3ccccc23)c2ccccc2C1(F)F. The lowest BCUT2D eigenvalue weighted by Gasteiger charge is -2.37. The summed E-state index contributed by atoms with van der Waals surface area (Å²) < 4.78 is 31.3. The Morgan fingerprint density at radius 1 is 0.957 bits per heavy atom. The number of fused-ring (bicyclic) bond motifs is 2. The van der Waals surface area contributed by atoms with Gasteiger partial charge in [-0.1, -0.05) is 30.3 Å². The lowest BCUT2D eigenvalue weighted by molar-refractivity contribution is -0.0681. The summed E-state index contributed by atoms with van der Waals surface area (Å²) in [4.78, 5) is 4.41. The Morgan fingerprint density at radius 3 is 2.52 bits per heavy atom. The van der Waals surface area contributed by atoms with Gasteiger partial charge in [0.2, 0.25) is 0 Å². The van der Waals surface area contributed by atoms with Gasteiger partial charge in [-0.2, -0.15) is 13.9 Å². The van der Waals surface area contributed by atoms with Crippen molar-refractivity contribution in [3.8, 4) is 0 Å². The third-order valence-corrected chi connectivity index (χ3v) is 4.36. The fourth-order valence-electron chi connectivity index (χ4n) is 3.03. The Balaban J connectivity index is 2.04. The van der Waals surface area contributed by atoms with Gasteiger partial charge in [-0.05, 0) is 26.0 Å². The smallest absolute Gasteiger partial charge is 0.271 e. The van der Waals surface area contributed by atoms with Crippen molar-refractivity contribution in [1.82, 2.24) is 9.61 Å². The van der Waals surface area contributed by atoms with Crippen LogP contribution in [0.5, 0.6) is 0 Å². The summed E-state index contributed by atoms with van der Waals surface area (Å²) in [6, 6.07) is 12.3. The standard InChI is InChI=1S/C18H15F2N3/c1-17(2)18(19,20)14-8-4-3-7-12(14)16(22-17)13-11-21-23-10-6-5-9-15(13)23/h3-11H,1-2H3. The molecule has 0 N–H and O–H groups in total. The molecule has 116 valence electrons. The summed E-state index contributed by atoms with van der Waals surface area (Å²) in [5.74, 6) is -3.02. The van der Waals surface area contributed by atoms with Crippen LogP contribution in [0.15, 0.2) is 59.9 Å². The van der Waals surface area contributed by atoms with Gasteiger partial charge in [0.25, 0.3) is 5.92 Å². The molecule has 0 unspecified atom stereocenters. The summed E-state index contributed by atoms with van der Waals surface area (Å²) in [6.45, 7) is 2.93. The molecule has 0 radical (unpaired) electrons. The predicted octanol–water partition coefficient (Wildman–Crippen LogP) is 4.06. The van der Waals surface area contributed by atoms with Gasteiger partial charge in [0.05, 0.1) is 17.4 Å². The minimum atomic E-state index is -3.02. The number of aliphatic imine (C=N–C) groups is 1. The van der Waals surface area contributed by atoms with Crippen LogP contribution in [0, 0.1) is 0 Å². The number of nitrogens with zero attached hydrogens (tertiary/aromatic N) is 3. The maximum absolute atomic E-state index is 14.8. The molecule has 4 rings (SSSR count). The molecule has 3 nitrogen and oxygen atoms in total. The average molecular weight is 311 g/mol. The topological polar surface area (TPSA) is 29.7 Å². The van der Waals surface area contributed by atoms with E-state index in [1.807, 2.05) is 24.4 Å². The van der Waals surface area contributed by atoms with Crippen molar-refractivity contribution in [2.75, 3.05) is 0 Å². The highest BCUT2D eigenvalue weighted by atomic mass is 19.3. The number of aromatic nitrogens is 2. The third kappa shape index (κ3) is 1.86. The Hall–Kier alpha value is -2.56. The predicted molar refractivity (Wildman–Crippen MR) is 85.2 cm³/mol. The van der Waals surface area contributed by atoms with Crippen molar-refractivity contribution in [3.63, 3.8) is 0 Å². The van der Waals surface area contributed by atoms with Crippen LogP contribution >= 0.6 is 0 Å². The molecular weight excluding hydrogens is 296 g/mol. The monoisotopic (exact) mass is 311 g/mol. The van der Waals surface area contributed by atoms with Crippen molar-refractivity contribution < 1.29 is 8.78 Å². The molecule has 2 aromatic heterocycles. The van der Waals surface area contributed by atoms with Crippen LogP contribution in [0.3, 0.4) is 0 Å². The number of pyridine rings is 1. The molecule has 0 amide bonds. The van der Waals surface area contributed by atoms with E-state index in [1.54, 1.807) is 28.9 Å². The molecule has 1 aliphatic heterocycles. The molecule has 0 spiro atoms. The molecule has 0 atom stereocenters. The van der Waals surface area contributed by atoms with E-state index in [0.29, 0.717) is 11.3 Å². The molecule has 0 saturated heterocycles. The normalized spacial score (nSPS) is 18.5. The molecular formula is C18H15F2N3. The highest BCUT2D eigenvalue weighted by Crippen LogP contribution is 2.46. The van der Waals surface area contributed by atoms with Gasteiger partial charge < -0.3 is 0 Å². The highest BCUT2D eigenvalue weighted by molar-refractivity contribution is 6.18. The Kier molecular flexibility index (Phi) is 2.73. The van der Waals surface area contributed by atoms with Crippen molar-refractivity contribution in [3.05, 3.63) is 71.5 Å².